The summed E-state index contributed by atoms with van der Waals surface area (Å²) in [5, 5.41) is 15.0. The van der Waals surface area contributed by atoms with Crippen molar-refractivity contribution in [2.24, 2.45) is 5.41 Å². The predicted octanol–water partition coefficient (Wildman–Crippen LogP) is 2.11. The van der Waals surface area contributed by atoms with Gasteiger partial charge >= 0.3 is 6.03 Å². The third kappa shape index (κ3) is 2.46. The van der Waals surface area contributed by atoms with E-state index in [-0.39, 0.29) is 29.4 Å². The van der Waals surface area contributed by atoms with Crippen LogP contribution in [-0.4, -0.2) is 23.3 Å². The summed E-state index contributed by atoms with van der Waals surface area (Å²) in [7, 11) is 0. The Bertz CT molecular complexity index is 445. The predicted molar refractivity (Wildman–Crippen MR) is 66.7 cm³/mol. The minimum Gasteiger partial charge on any atom is -0.392 e. The molecule has 2 atom stereocenters. The van der Waals surface area contributed by atoms with E-state index < -0.39 is 0 Å². The first-order valence-corrected chi connectivity index (χ1v) is 5.91. The Labute approximate surface area is 105 Å². The molecule has 1 aromatic carbocycles. The van der Waals surface area contributed by atoms with Gasteiger partial charge in [-0.1, -0.05) is 13.8 Å². The Morgan fingerprint density at radius 2 is 2.00 bits per heavy atom. The van der Waals surface area contributed by atoms with Crippen molar-refractivity contribution in [3.05, 3.63) is 30.1 Å². The lowest BCUT2D eigenvalue weighted by Gasteiger charge is -2.49. The second-order valence-corrected chi connectivity index (χ2v) is 5.23. The number of aliphatic hydroxyl groups excluding tert-OH is 1. The lowest BCUT2D eigenvalue weighted by molar-refractivity contribution is -0.0673. The van der Waals surface area contributed by atoms with Crippen molar-refractivity contribution >= 4 is 11.7 Å². The molecule has 1 saturated carbocycles. The van der Waals surface area contributed by atoms with Crippen LogP contribution in [0.15, 0.2) is 24.3 Å². The molecule has 2 rings (SSSR count). The monoisotopic (exact) mass is 252 g/mol. The van der Waals surface area contributed by atoms with E-state index in [0.717, 1.165) is 0 Å². The summed E-state index contributed by atoms with van der Waals surface area (Å²) < 4.78 is 12.7. The number of hydrogen-bond acceptors (Lipinski definition) is 2. The number of nitrogens with one attached hydrogen (secondary N) is 2. The van der Waals surface area contributed by atoms with Crippen molar-refractivity contribution < 1.29 is 14.3 Å². The van der Waals surface area contributed by atoms with E-state index in [2.05, 4.69) is 10.6 Å². The van der Waals surface area contributed by atoms with Crippen molar-refractivity contribution in [1.82, 2.24) is 5.32 Å². The standard InChI is InChI=1S/C13H17FN2O2/c1-13(2)10(7-11(13)17)16-12(18)15-9-5-3-8(14)4-6-9/h3-6,10-11,17H,7H2,1-2H3,(H2,15,16,18). The Morgan fingerprint density at radius 1 is 1.39 bits per heavy atom. The molecular weight excluding hydrogens is 235 g/mol. The first kappa shape index (κ1) is 12.8. The number of anilines is 1. The topological polar surface area (TPSA) is 61.4 Å². The van der Waals surface area contributed by atoms with Crippen LogP contribution >= 0.6 is 0 Å². The molecule has 0 spiro atoms. The zero-order valence-electron chi connectivity index (χ0n) is 10.4. The third-order valence-electron chi connectivity index (χ3n) is 3.62. The molecule has 3 N–H and O–H groups in total. The van der Waals surface area contributed by atoms with E-state index in [4.69, 9.17) is 0 Å². The highest BCUT2D eigenvalue weighted by molar-refractivity contribution is 5.89. The van der Waals surface area contributed by atoms with Gasteiger partial charge in [0.05, 0.1) is 6.10 Å². The molecule has 0 bridgehead atoms. The molecule has 2 amide bonds. The van der Waals surface area contributed by atoms with Crippen LogP contribution in [0.25, 0.3) is 0 Å². The summed E-state index contributed by atoms with van der Waals surface area (Å²) in [6.07, 6.45) is 0.178. The molecule has 4 nitrogen and oxygen atoms in total. The van der Waals surface area contributed by atoms with Gasteiger partial charge in [-0.15, -0.1) is 0 Å². The normalized spacial score (nSPS) is 25.1. The van der Waals surface area contributed by atoms with Gasteiger partial charge in [-0.25, -0.2) is 9.18 Å². The van der Waals surface area contributed by atoms with E-state index in [1.165, 1.54) is 24.3 Å². The maximum Gasteiger partial charge on any atom is 0.319 e. The van der Waals surface area contributed by atoms with Crippen LogP contribution in [0, 0.1) is 11.2 Å². The molecule has 98 valence electrons. The van der Waals surface area contributed by atoms with Crippen LogP contribution in [0.2, 0.25) is 0 Å². The fourth-order valence-corrected chi connectivity index (χ4v) is 2.01. The van der Waals surface area contributed by atoms with E-state index in [9.17, 15) is 14.3 Å². The number of halogens is 1. The highest BCUT2D eigenvalue weighted by Gasteiger charge is 2.47. The Balaban J connectivity index is 1.88. The molecule has 1 aromatic rings. The van der Waals surface area contributed by atoms with Crippen molar-refractivity contribution in [3.8, 4) is 0 Å². The van der Waals surface area contributed by atoms with Crippen LogP contribution in [0.5, 0.6) is 0 Å². The SMILES string of the molecule is CC1(C)C(O)CC1NC(=O)Nc1ccc(F)cc1. The fraction of sp³-hybridized carbons (Fsp3) is 0.462. The maximum atomic E-state index is 12.7. The average Bonchev–Trinajstić information content (AvgIpc) is 2.32. The van der Waals surface area contributed by atoms with Gasteiger partial charge in [-0.3, -0.25) is 0 Å². The Hall–Kier alpha value is -1.62. The number of urea groups is 1. The molecule has 0 saturated heterocycles. The highest BCUT2D eigenvalue weighted by atomic mass is 19.1. The molecule has 1 aliphatic carbocycles. The summed E-state index contributed by atoms with van der Waals surface area (Å²) in [5.41, 5.74) is 0.228. The molecule has 2 unspecified atom stereocenters. The molecule has 1 aliphatic rings. The Morgan fingerprint density at radius 3 is 2.50 bits per heavy atom. The molecule has 0 aromatic heterocycles. The smallest absolute Gasteiger partial charge is 0.319 e. The molecule has 0 aliphatic heterocycles. The minimum atomic E-state index is -0.381. The second kappa shape index (κ2) is 4.57. The van der Waals surface area contributed by atoms with Crippen LogP contribution in [0.4, 0.5) is 14.9 Å². The zero-order chi connectivity index (χ0) is 13.3. The van der Waals surface area contributed by atoms with Crippen LogP contribution < -0.4 is 10.6 Å². The number of aliphatic hydroxyl groups is 1. The zero-order valence-corrected chi connectivity index (χ0v) is 10.4. The number of carbonyl (C=O) groups is 1. The molecule has 18 heavy (non-hydrogen) atoms. The quantitative estimate of drug-likeness (QED) is 0.755. The van der Waals surface area contributed by atoms with E-state index in [0.29, 0.717) is 12.1 Å². The van der Waals surface area contributed by atoms with E-state index >= 15 is 0 Å². The summed E-state index contributed by atoms with van der Waals surface area (Å²) >= 11 is 0. The van der Waals surface area contributed by atoms with Crippen molar-refractivity contribution in [3.63, 3.8) is 0 Å². The molecule has 0 heterocycles. The minimum absolute atomic E-state index is 0.0482. The van der Waals surface area contributed by atoms with Gasteiger partial charge < -0.3 is 15.7 Å². The second-order valence-electron chi connectivity index (χ2n) is 5.23. The van der Waals surface area contributed by atoms with Crippen LogP contribution in [0.1, 0.15) is 20.3 Å². The summed E-state index contributed by atoms with van der Waals surface area (Å²) in [6, 6.07) is 5.17. The fourth-order valence-electron chi connectivity index (χ4n) is 2.01. The Kier molecular flexibility index (Phi) is 3.26. The summed E-state index contributed by atoms with van der Waals surface area (Å²) in [5.74, 6) is -0.343. The van der Waals surface area contributed by atoms with Crippen molar-refractivity contribution in [2.45, 2.75) is 32.4 Å². The van der Waals surface area contributed by atoms with Gasteiger partial charge in [-0.05, 0) is 30.7 Å². The van der Waals surface area contributed by atoms with Gasteiger partial charge in [0.2, 0.25) is 0 Å². The first-order chi connectivity index (χ1) is 8.39. The number of carbonyl (C=O) groups excluding carboxylic acids is 1. The number of benzene rings is 1. The van der Waals surface area contributed by atoms with E-state index in [1.807, 2.05) is 13.8 Å². The highest BCUT2D eigenvalue weighted by Crippen LogP contribution is 2.40. The molecule has 0 radical (unpaired) electrons. The van der Waals surface area contributed by atoms with Gasteiger partial charge in [0.15, 0.2) is 0 Å². The summed E-state index contributed by atoms with van der Waals surface area (Å²) in [6.45, 7) is 3.81. The van der Waals surface area contributed by atoms with Crippen LogP contribution in [0.3, 0.4) is 0 Å². The van der Waals surface area contributed by atoms with Crippen molar-refractivity contribution in [1.29, 1.82) is 0 Å². The van der Waals surface area contributed by atoms with Gasteiger partial charge in [0.1, 0.15) is 5.82 Å². The van der Waals surface area contributed by atoms with Gasteiger partial charge in [-0.2, -0.15) is 0 Å². The largest absolute Gasteiger partial charge is 0.392 e. The van der Waals surface area contributed by atoms with E-state index in [1.54, 1.807) is 0 Å². The molecular formula is C13H17FN2O2. The van der Waals surface area contributed by atoms with Gasteiger partial charge in [0.25, 0.3) is 0 Å². The first-order valence-electron chi connectivity index (χ1n) is 5.91. The number of hydrogen-bond donors (Lipinski definition) is 3. The van der Waals surface area contributed by atoms with Crippen LogP contribution in [-0.2, 0) is 0 Å². The lowest BCUT2D eigenvalue weighted by atomic mass is 9.65. The third-order valence-corrected chi connectivity index (χ3v) is 3.62. The van der Waals surface area contributed by atoms with Crippen molar-refractivity contribution in [2.75, 3.05) is 5.32 Å². The van der Waals surface area contributed by atoms with Gasteiger partial charge in [0, 0.05) is 17.1 Å². The summed E-state index contributed by atoms with van der Waals surface area (Å²) in [4.78, 5) is 11.7. The number of amides is 2. The molecule has 1 fully saturated rings. The molecule has 5 heteroatoms. The number of rotatable bonds is 2. The average molecular weight is 252 g/mol. The maximum absolute atomic E-state index is 12.7. The lowest BCUT2D eigenvalue weighted by Crippen LogP contribution is -2.61.